The molecule has 1 saturated carbocycles. The number of ether oxygens (including phenoxy) is 2. The van der Waals surface area contributed by atoms with Crippen LogP contribution in [0.1, 0.15) is 78.3 Å². The second kappa shape index (κ2) is 9.95. The maximum absolute atomic E-state index is 14.4. The first-order chi connectivity index (χ1) is 16.8. The number of aliphatic carboxylic acids is 1. The maximum atomic E-state index is 14.4. The van der Waals surface area contributed by atoms with Gasteiger partial charge in [0.15, 0.2) is 5.54 Å². The lowest BCUT2D eigenvalue weighted by Crippen LogP contribution is -2.69. The Morgan fingerprint density at radius 3 is 2.25 bits per heavy atom. The van der Waals surface area contributed by atoms with Gasteiger partial charge >= 0.3 is 5.97 Å². The van der Waals surface area contributed by atoms with Gasteiger partial charge in [-0.25, -0.2) is 9.78 Å². The van der Waals surface area contributed by atoms with E-state index in [9.17, 15) is 24.8 Å². The van der Waals surface area contributed by atoms with Gasteiger partial charge in [0.25, 0.3) is 0 Å². The van der Waals surface area contributed by atoms with E-state index in [0.717, 1.165) is 19.3 Å². The van der Waals surface area contributed by atoms with Crippen molar-refractivity contribution in [2.24, 2.45) is 17.3 Å². The topological polar surface area (TPSA) is 132 Å². The summed E-state index contributed by atoms with van der Waals surface area (Å²) in [5.74, 6) is -3.14. The van der Waals surface area contributed by atoms with E-state index >= 15 is 0 Å². The summed E-state index contributed by atoms with van der Waals surface area (Å²) in [5.41, 5.74) is -4.00. The largest absolute Gasteiger partial charge is 0.481 e. The molecule has 1 aliphatic heterocycles. The highest BCUT2D eigenvalue weighted by Crippen LogP contribution is 2.60. The van der Waals surface area contributed by atoms with Crippen molar-refractivity contribution in [2.75, 3.05) is 14.2 Å². The first-order valence-electron chi connectivity index (χ1n) is 12.5. The minimum absolute atomic E-state index is 0.125. The average Bonchev–Trinajstić information content (AvgIpc) is 3.18. The van der Waals surface area contributed by atoms with Crippen molar-refractivity contribution in [3.05, 3.63) is 34.0 Å². The Hall–Kier alpha value is -2.75. The first-order valence-corrected chi connectivity index (χ1v) is 12.5. The minimum atomic E-state index is -1.95. The van der Waals surface area contributed by atoms with E-state index in [2.05, 4.69) is 4.98 Å². The van der Waals surface area contributed by atoms with Gasteiger partial charge in [0.05, 0.1) is 18.6 Å². The third-order valence-electron chi connectivity index (χ3n) is 8.27. The highest BCUT2D eigenvalue weighted by atomic mass is 16.6. The van der Waals surface area contributed by atoms with E-state index in [1.165, 1.54) is 25.3 Å². The number of hydrogen-bond donors (Lipinski definition) is 1. The smallest absolute Gasteiger partial charge is 0.330 e. The number of carbonyl (C=O) groups is 2. The predicted molar refractivity (Wildman–Crippen MR) is 132 cm³/mol. The fraction of sp³-hybridized carbons (Fsp3) is 0.731. The van der Waals surface area contributed by atoms with Crippen molar-refractivity contribution < 1.29 is 29.1 Å². The van der Waals surface area contributed by atoms with Crippen LogP contribution in [0, 0.1) is 27.4 Å². The van der Waals surface area contributed by atoms with Gasteiger partial charge in [0, 0.05) is 29.7 Å². The Kier molecular flexibility index (Phi) is 7.70. The number of amides is 1. The van der Waals surface area contributed by atoms with Crippen LogP contribution >= 0.6 is 0 Å². The first kappa shape index (κ1) is 27.8. The quantitative estimate of drug-likeness (QED) is 0.432. The highest BCUT2D eigenvalue weighted by molar-refractivity contribution is 5.91. The van der Waals surface area contributed by atoms with Gasteiger partial charge in [0.2, 0.25) is 17.8 Å². The lowest BCUT2D eigenvalue weighted by atomic mass is 9.60. The number of pyridine rings is 1. The van der Waals surface area contributed by atoms with Gasteiger partial charge in [-0.1, -0.05) is 40.0 Å². The van der Waals surface area contributed by atoms with E-state index in [1.54, 1.807) is 46.8 Å². The van der Waals surface area contributed by atoms with E-state index < -0.39 is 51.4 Å². The molecule has 2 aliphatic rings. The molecule has 1 N–H and O–H groups in total. The third-order valence-corrected chi connectivity index (χ3v) is 8.27. The SMILES string of the molecule is COc1ncccc1[C@H]1[C@@H]([N+](=O)[O-])[C@@H](C(C)(C)OC)[C@@](C(=O)O)(C(C)(C)C)N1C(=O)C1CCCCC1. The summed E-state index contributed by atoms with van der Waals surface area (Å²) in [4.78, 5) is 45.9. The van der Waals surface area contributed by atoms with Gasteiger partial charge in [0.1, 0.15) is 6.04 Å². The van der Waals surface area contributed by atoms with Gasteiger partial charge in [-0.15, -0.1) is 0 Å². The molecule has 2 heterocycles. The fourth-order valence-corrected chi connectivity index (χ4v) is 6.59. The molecular weight excluding hydrogens is 466 g/mol. The summed E-state index contributed by atoms with van der Waals surface area (Å²) in [5, 5.41) is 23.9. The van der Waals surface area contributed by atoms with Crippen LogP contribution in [0.2, 0.25) is 0 Å². The molecule has 0 spiro atoms. The molecule has 1 amide bonds. The zero-order valence-electron chi connectivity index (χ0n) is 22.3. The zero-order valence-corrected chi connectivity index (χ0v) is 22.3. The molecule has 0 aromatic carbocycles. The number of hydrogen-bond acceptors (Lipinski definition) is 7. The molecule has 10 nitrogen and oxygen atoms in total. The zero-order chi connectivity index (χ0) is 27.1. The number of rotatable bonds is 7. The van der Waals surface area contributed by atoms with Crippen molar-refractivity contribution in [2.45, 2.75) is 89.9 Å². The van der Waals surface area contributed by atoms with Crippen molar-refractivity contribution in [3.63, 3.8) is 0 Å². The van der Waals surface area contributed by atoms with Crippen molar-refractivity contribution >= 4 is 11.9 Å². The minimum Gasteiger partial charge on any atom is -0.481 e. The monoisotopic (exact) mass is 505 g/mol. The van der Waals surface area contributed by atoms with E-state index in [4.69, 9.17) is 9.47 Å². The summed E-state index contributed by atoms with van der Waals surface area (Å²) in [6.45, 7) is 8.48. The number of carboxylic acid groups (broad SMARTS) is 1. The van der Waals surface area contributed by atoms with Crippen LogP contribution in [-0.4, -0.2) is 63.2 Å². The van der Waals surface area contributed by atoms with Crippen molar-refractivity contribution in [3.8, 4) is 5.88 Å². The second-order valence-corrected chi connectivity index (χ2v) is 11.5. The number of nitro groups is 1. The van der Waals surface area contributed by atoms with Gasteiger partial charge in [-0.05, 0) is 44.2 Å². The summed E-state index contributed by atoms with van der Waals surface area (Å²) in [6, 6.07) is 0.548. The van der Waals surface area contributed by atoms with E-state index in [1.807, 2.05) is 0 Å². The molecule has 4 atom stereocenters. The molecule has 10 heteroatoms. The Morgan fingerprint density at radius 1 is 1.17 bits per heavy atom. The maximum Gasteiger partial charge on any atom is 0.330 e. The molecule has 0 unspecified atom stereocenters. The number of carbonyl (C=O) groups excluding carboxylic acids is 1. The lowest BCUT2D eigenvalue weighted by Gasteiger charge is -2.51. The van der Waals surface area contributed by atoms with Crippen LogP contribution in [-0.2, 0) is 14.3 Å². The van der Waals surface area contributed by atoms with Crippen LogP contribution in [0.15, 0.2) is 18.3 Å². The van der Waals surface area contributed by atoms with Gasteiger partial charge in [-0.3, -0.25) is 14.9 Å². The van der Waals surface area contributed by atoms with Crippen LogP contribution < -0.4 is 4.74 Å². The van der Waals surface area contributed by atoms with Crippen LogP contribution in [0.4, 0.5) is 0 Å². The molecule has 1 aromatic rings. The molecule has 1 aromatic heterocycles. The Bertz CT molecular complexity index is 999. The molecule has 36 heavy (non-hydrogen) atoms. The number of aromatic nitrogens is 1. The van der Waals surface area contributed by atoms with E-state index in [-0.39, 0.29) is 11.8 Å². The summed E-state index contributed by atoms with van der Waals surface area (Å²) < 4.78 is 11.2. The van der Waals surface area contributed by atoms with Gasteiger partial charge < -0.3 is 19.5 Å². The molecule has 200 valence electrons. The molecule has 0 radical (unpaired) electrons. The number of methoxy groups -OCH3 is 2. The Labute approximate surface area is 212 Å². The molecule has 0 bridgehead atoms. The lowest BCUT2D eigenvalue weighted by molar-refractivity contribution is -0.538. The predicted octanol–water partition coefficient (Wildman–Crippen LogP) is 4.11. The van der Waals surface area contributed by atoms with Crippen LogP contribution in [0.5, 0.6) is 5.88 Å². The van der Waals surface area contributed by atoms with E-state index in [0.29, 0.717) is 18.4 Å². The van der Waals surface area contributed by atoms with Crippen molar-refractivity contribution in [1.29, 1.82) is 0 Å². The average molecular weight is 506 g/mol. The molecule has 3 rings (SSSR count). The highest BCUT2D eigenvalue weighted by Gasteiger charge is 2.77. The second-order valence-electron chi connectivity index (χ2n) is 11.5. The standard InChI is InChI=1S/C26H39N3O7/c1-24(2,3)26(23(31)32)20(25(4,5)36-7)19(29(33)34)18(17-14-11-15-27-21(17)35-6)28(26)22(30)16-12-9-8-10-13-16/h11,14-16,18-20H,8-10,12-13H2,1-7H3,(H,31,32)/t18-,19+,20-,26+/m0/s1. The Morgan fingerprint density at radius 2 is 1.78 bits per heavy atom. The van der Waals surface area contributed by atoms with Crippen LogP contribution in [0.3, 0.4) is 0 Å². The van der Waals surface area contributed by atoms with Gasteiger partial charge in [-0.2, -0.15) is 0 Å². The fourth-order valence-electron chi connectivity index (χ4n) is 6.59. The summed E-state index contributed by atoms with van der Waals surface area (Å²) >= 11 is 0. The number of nitrogens with zero attached hydrogens (tertiary/aromatic N) is 3. The number of carboxylic acids is 1. The molecule has 1 aliphatic carbocycles. The summed E-state index contributed by atoms with van der Waals surface area (Å²) in [7, 11) is 2.82. The van der Waals surface area contributed by atoms with Crippen LogP contribution in [0.25, 0.3) is 0 Å². The molecular formula is C26H39N3O7. The number of likely N-dealkylation sites (tertiary alicyclic amines) is 1. The summed E-state index contributed by atoms with van der Waals surface area (Å²) in [6.07, 6.45) is 5.44. The normalized spacial score (nSPS) is 27.6. The third kappa shape index (κ3) is 4.23. The Balaban J connectivity index is 2.47. The molecule has 1 saturated heterocycles. The van der Waals surface area contributed by atoms with Crippen molar-refractivity contribution in [1.82, 2.24) is 9.88 Å². The molecule has 2 fully saturated rings.